The number of nitrogens with zero attached hydrogens (tertiary/aromatic N) is 6. The lowest BCUT2D eigenvalue weighted by Crippen LogP contribution is -2.45. The van der Waals surface area contributed by atoms with Crippen LogP contribution in [0.25, 0.3) is 0 Å². The van der Waals surface area contributed by atoms with Crippen molar-refractivity contribution in [2.45, 2.75) is 76.4 Å². The third kappa shape index (κ3) is 9.12. The fraction of sp³-hybridized carbons (Fsp3) is 0.567. The first-order chi connectivity index (χ1) is 21.8. The van der Waals surface area contributed by atoms with Crippen molar-refractivity contribution in [2.75, 3.05) is 31.2 Å². The van der Waals surface area contributed by atoms with Gasteiger partial charge in [0.05, 0.1) is 30.3 Å². The molecular formula is C30H34F10N6O. The van der Waals surface area contributed by atoms with Crippen LogP contribution in [0, 0.1) is 0 Å². The maximum Gasteiger partial charge on any atom is 0.416 e. The number of ether oxygens (including phenoxy) is 1. The standard InChI is InChI=1S/C30H34F10N6O/c1-4-25(45-10-8-27(31,9-11-45)18-47-5-2)24-7-6-21(28(32,33)34)14-20(24)17-46(26-41-43-44(3)42-26)16-19-12-22(29(35,36)37)15-23(13-19)30(38,39)40/h6-7,12-15,25H,4-5,8-11,16-18H2,1-3H3/t25-/m0/s1. The Kier molecular flexibility index (Phi) is 10.8. The summed E-state index contributed by atoms with van der Waals surface area (Å²) < 4.78 is 144. The highest BCUT2D eigenvalue weighted by Gasteiger charge is 2.39. The van der Waals surface area contributed by atoms with Gasteiger partial charge in [0, 0.05) is 38.8 Å². The molecule has 4 rings (SSSR count). The van der Waals surface area contributed by atoms with Gasteiger partial charge in [-0.1, -0.05) is 18.1 Å². The number of piperidine rings is 1. The molecule has 0 spiro atoms. The molecule has 1 fully saturated rings. The molecule has 1 atom stereocenters. The molecule has 0 bridgehead atoms. The van der Waals surface area contributed by atoms with E-state index in [1.54, 1.807) is 6.92 Å². The number of likely N-dealkylation sites (tertiary alicyclic amines) is 1. The van der Waals surface area contributed by atoms with Crippen LogP contribution in [0.15, 0.2) is 36.4 Å². The minimum atomic E-state index is -5.11. The Hall–Kier alpha value is -3.47. The van der Waals surface area contributed by atoms with Gasteiger partial charge in [0.1, 0.15) is 5.67 Å². The van der Waals surface area contributed by atoms with E-state index in [4.69, 9.17) is 4.74 Å². The summed E-state index contributed by atoms with van der Waals surface area (Å²) in [5.41, 5.74) is -5.54. The van der Waals surface area contributed by atoms with Crippen LogP contribution >= 0.6 is 0 Å². The number of benzene rings is 2. The largest absolute Gasteiger partial charge is 0.416 e. The molecule has 0 radical (unpaired) electrons. The highest BCUT2D eigenvalue weighted by Crippen LogP contribution is 2.39. The average molecular weight is 685 g/mol. The Bertz CT molecular complexity index is 1460. The van der Waals surface area contributed by atoms with Crippen LogP contribution in [-0.4, -0.2) is 57.1 Å². The van der Waals surface area contributed by atoms with Gasteiger partial charge >= 0.3 is 18.5 Å². The van der Waals surface area contributed by atoms with Crippen LogP contribution in [0.4, 0.5) is 49.9 Å². The van der Waals surface area contributed by atoms with Gasteiger partial charge in [0.25, 0.3) is 5.95 Å². The number of aryl methyl sites for hydroxylation is 1. The van der Waals surface area contributed by atoms with E-state index < -0.39 is 65.6 Å². The van der Waals surface area contributed by atoms with Crippen LogP contribution in [0.1, 0.15) is 72.5 Å². The predicted molar refractivity (Wildman–Crippen MR) is 151 cm³/mol. The van der Waals surface area contributed by atoms with Crippen LogP contribution in [0.2, 0.25) is 0 Å². The second-order valence-corrected chi connectivity index (χ2v) is 11.5. The molecule has 0 saturated carbocycles. The molecule has 0 aliphatic carbocycles. The van der Waals surface area contributed by atoms with E-state index in [2.05, 4.69) is 15.4 Å². The molecule has 0 amide bonds. The van der Waals surface area contributed by atoms with Crippen molar-refractivity contribution in [3.05, 3.63) is 69.8 Å². The summed E-state index contributed by atoms with van der Waals surface area (Å²) in [6, 6.07) is 3.70. The number of tetrazole rings is 1. The molecular weight excluding hydrogens is 650 g/mol. The van der Waals surface area contributed by atoms with Crippen molar-refractivity contribution in [1.82, 2.24) is 25.1 Å². The van der Waals surface area contributed by atoms with Gasteiger partial charge in [-0.15, -0.1) is 5.10 Å². The lowest BCUT2D eigenvalue weighted by molar-refractivity contribution is -0.143. The van der Waals surface area contributed by atoms with Crippen molar-refractivity contribution in [1.29, 1.82) is 0 Å². The summed E-state index contributed by atoms with van der Waals surface area (Å²) in [7, 11) is 1.37. The molecule has 2 aromatic carbocycles. The molecule has 1 aliphatic heterocycles. The third-order valence-electron chi connectivity index (χ3n) is 8.08. The number of hydrogen-bond donors (Lipinski definition) is 0. The second-order valence-electron chi connectivity index (χ2n) is 11.5. The number of aromatic nitrogens is 4. The first-order valence-corrected chi connectivity index (χ1v) is 14.8. The molecule has 7 nitrogen and oxygen atoms in total. The zero-order chi connectivity index (χ0) is 34.8. The second kappa shape index (κ2) is 13.9. The number of alkyl halides is 10. The zero-order valence-electron chi connectivity index (χ0n) is 25.8. The fourth-order valence-electron chi connectivity index (χ4n) is 5.72. The smallest absolute Gasteiger partial charge is 0.378 e. The number of rotatable bonds is 11. The Balaban J connectivity index is 1.76. The van der Waals surface area contributed by atoms with E-state index in [0.29, 0.717) is 30.7 Å². The Morgan fingerprint density at radius 1 is 0.851 bits per heavy atom. The van der Waals surface area contributed by atoms with Gasteiger partial charge in [-0.25, -0.2) is 4.39 Å². The molecule has 1 saturated heterocycles. The Morgan fingerprint density at radius 3 is 1.94 bits per heavy atom. The van der Waals surface area contributed by atoms with E-state index in [1.807, 2.05) is 11.8 Å². The highest BCUT2D eigenvalue weighted by atomic mass is 19.4. The van der Waals surface area contributed by atoms with Crippen molar-refractivity contribution in [3.63, 3.8) is 0 Å². The van der Waals surface area contributed by atoms with Gasteiger partial charge in [-0.3, -0.25) is 4.90 Å². The van der Waals surface area contributed by atoms with Crippen molar-refractivity contribution in [3.8, 4) is 0 Å². The minimum Gasteiger partial charge on any atom is -0.378 e. The first kappa shape index (κ1) is 36.4. The van der Waals surface area contributed by atoms with Crippen molar-refractivity contribution >= 4 is 5.95 Å². The molecule has 1 aliphatic rings. The highest BCUT2D eigenvalue weighted by molar-refractivity contribution is 5.42. The summed E-state index contributed by atoms with van der Waals surface area (Å²) in [4.78, 5) is 4.11. The van der Waals surface area contributed by atoms with E-state index in [1.165, 1.54) is 18.0 Å². The quantitative estimate of drug-likeness (QED) is 0.193. The van der Waals surface area contributed by atoms with E-state index in [-0.39, 0.29) is 50.1 Å². The third-order valence-corrected chi connectivity index (χ3v) is 8.08. The molecule has 1 aromatic heterocycles. The predicted octanol–water partition coefficient (Wildman–Crippen LogP) is 7.77. The molecule has 0 unspecified atom stereocenters. The topological polar surface area (TPSA) is 59.3 Å². The maximum absolute atomic E-state index is 15.3. The lowest BCUT2D eigenvalue weighted by atomic mass is 9.89. The Labute approximate surface area is 264 Å². The van der Waals surface area contributed by atoms with Gasteiger partial charge < -0.3 is 9.64 Å². The van der Waals surface area contributed by atoms with Gasteiger partial charge in [-0.05, 0) is 78.4 Å². The average Bonchev–Trinajstić information content (AvgIpc) is 3.42. The summed E-state index contributed by atoms with van der Waals surface area (Å²) in [6.45, 7) is 3.33. The molecule has 0 N–H and O–H groups in total. The maximum atomic E-state index is 15.3. The number of anilines is 1. The lowest BCUT2D eigenvalue weighted by Gasteiger charge is -2.41. The van der Waals surface area contributed by atoms with Gasteiger partial charge in [0.2, 0.25) is 0 Å². The van der Waals surface area contributed by atoms with Crippen LogP contribution in [0.5, 0.6) is 0 Å². The van der Waals surface area contributed by atoms with Crippen LogP contribution < -0.4 is 4.90 Å². The van der Waals surface area contributed by atoms with Crippen molar-refractivity contribution in [2.24, 2.45) is 7.05 Å². The molecule has 47 heavy (non-hydrogen) atoms. The van der Waals surface area contributed by atoms with Crippen molar-refractivity contribution < 1.29 is 48.6 Å². The molecule has 260 valence electrons. The summed E-state index contributed by atoms with van der Waals surface area (Å²) in [5, 5.41) is 11.6. The summed E-state index contributed by atoms with van der Waals surface area (Å²) >= 11 is 0. The minimum absolute atomic E-state index is 0.00965. The van der Waals surface area contributed by atoms with E-state index in [9.17, 15) is 39.5 Å². The van der Waals surface area contributed by atoms with Gasteiger partial charge in [0.15, 0.2) is 0 Å². The molecule has 3 aromatic rings. The van der Waals surface area contributed by atoms with E-state index in [0.717, 1.165) is 16.9 Å². The summed E-state index contributed by atoms with van der Waals surface area (Å²) in [6.07, 6.45) is -14.3. The zero-order valence-corrected chi connectivity index (χ0v) is 25.8. The number of hydrogen-bond acceptors (Lipinski definition) is 6. The normalized spacial score (nSPS) is 16.8. The SMILES string of the molecule is CCOCC1(F)CCN([C@@H](CC)c2ccc(C(F)(F)F)cc2CN(Cc2cc(C(F)(F)F)cc(C(F)(F)F)c2)c2nnn(C)n2)CC1. The number of halogens is 10. The van der Waals surface area contributed by atoms with Crippen LogP contribution in [-0.2, 0) is 43.4 Å². The molecule has 2 heterocycles. The fourth-order valence-corrected chi connectivity index (χ4v) is 5.72. The molecule has 17 heteroatoms. The van der Waals surface area contributed by atoms with Gasteiger partial charge in [-0.2, -0.15) is 44.3 Å². The Morgan fingerprint density at radius 2 is 1.45 bits per heavy atom. The first-order valence-electron chi connectivity index (χ1n) is 14.8. The van der Waals surface area contributed by atoms with Crippen LogP contribution in [0.3, 0.4) is 0 Å². The van der Waals surface area contributed by atoms with E-state index >= 15 is 4.39 Å². The summed E-state index contributed by atoms with van der Waals surface area (Å²) in [5.74, 6) is -0.231. The monoisotopic (exact) mass is 684 g/mol.